The fourth-order valence-corrected chi connectivity index (χ4v) is 4.41. The molecule has 0 amide bonds. The van der Waals surface area contributed by atoms with E-state index in [1.807, 2.05) is 0 Å². The van der Waals surface area contributed by atoms with E-state index in [2.05, 4.69) is 44.2 Å². The van der Waals surface area contributed by atoms with Gasteiger partial charge in [-0.25, -0.2) is 13.5 Å². The van der Waals surface area contributed by atoms with Crippen LogP contribution < -0.4 is 16.0 Å². The molecule has 0 radical (unpaired) electrons. The SMILES string of the molecule is C=CC(=C)Nc1ccc(F)c(Nc2nc(Nc3cnn(SC(Cl)(Cl)Cl)c3)ncc2-c2ccc(C(F)(F)F)cc2)c1. The van der Waals surface area contributed by atoms with Crippen molar-refractivity contribution >= 4 is 75.6 Å². The highest BCUT2D eigenvalue weighted by atomic mass is 35.6. The summed E-state index contributed by atoms with van der Waals surface area (Å²) in [6.07, 6.45) is 1.34. The van der Waals surface area contributed by atoms with Gasteiger partial charge in [0.1, 0.15) is 11.6 Å². The van der Waals surface area contributed by atoms with Gasteiger partial charge in [-0.2, -0.15) is 23.3 Å². The van der Waals surface area contributed by atoms with Gasteiger partial charge in [0.05, 0.1) is 29.3 Å². The van der Waals surface area contributed by atoms with Gasteiger partial charge in [0, 0.05) is 35.1 Å². The molecule has 0 saturated carbocycles. The van der Waals surface area contributed by atoms with E-state index in [-0.39, 0.29) is 17.5 Å². The largest absolute Gasteiger partial charge is 0.416 e. The van der Waals surface area contributed by atoms with Crippen molar-refractivity contribution in [1.82, 2.24) is 19.2 Å². The maximum atomic E-state index is 14.8. The molecule has 0 aliphatic heterocycles. The second kappa shape index (κ2) is 12.0. The number of hydrogen-bond donors (Lipinski definition) is 3. The van der Waals surface area contributed by atoms with Crippen molar-refractivity contribution in [3.63, 3.8) is 0 Å². The van der Waals surface area contributed by atoms with Gasteiger partial charge in [0.25, 0.3) is 3.12 Å². The van der Waals surface area contributed by atoms with Crippen LogP contribution in [-0.4, -0.2) is 22.3 Å². The van der Waals surface area contributed by atoms with Gasteiger partial charge in [-0.05, 0) is 42.0 Å². The average Bonchev–Trinajstić information content (AvgIpc) is 3.30. The summed E-state index contributed by atoms with van der Waals surface area (Å²) in [5, 5.41) is 12.9. The second-order valence-electron chi connectivity index (χ2n) is 8.00. The van der Waals surface area contributed by atoms with Gasteiger partial charge in [-0.15, -0.1) is 0 Å². The van der Waals surface area contributed by atoms with Crippen LogP contribution in [0.3, 0.4) is 0 Å². The molecule has 2 aromatic carbocycles. The van der Waals surface area contributed by atoms with Crippen molar-refractivity contribution in [3.8, 4) is 11.1 Å². The molecule has 7 nitrogen and oxygen atoms in total. The molecular weight excluding hydrogens is 613 g/mol. The standard InChI is InChI=1S/C25H18Cl3F4N7S/c1-3-14(2)35-17-8-9-20(29)21(10-17)37-22-19(15-4-6-16(7-5-15)24(30,31)32)12-33-23(38-22)36-18-11-34-39(13-18)40-25(26,27)28/h3-13,35H,1-2H2,(H2,33,36,37,38). The van der Waals surface area contributed by atoms with E-state index < -0.39 is 20.7 Å². The van der Waals surface area contributed by atoms with E-state index in [1.165, 1.54) is 59.1 Å². The van der Waals surface area contributed by atoms with E-state index in [9.17, 15) is 17.6 Å². The highest BCUT2D eigenvalue weighted by Gasteiger charge is 2.30. The van der Waals surface area contributed by atoms with Crippen molar-refractivity contribution in [2.24, 2.45) is 0 Å². The van der Waals surface area contributed by atoms with Crippen LogP contribution in [0.4, 0.5) is 46.4 Å². The Balaban J connectivity index is 1.70. The van der Waals surface area contributed by atoms with Gasteiger partial charge >= 0.3 is 6.18 Å². The summed E-state index contributed by atoms with van der Waals surface area (Å²) in [7, 11) is 0. The molecule has 2 aromatic heterocycles. The van der Waals surface area contributed by atoms with Crippen LogP contribution >= 0.6 is 46.8 Å². The number of hydrogen-bond acceptors (Lipinski definition) is 7. The molecule has 0 aliphatic carbocycles. The molecule has 208 valence electrons. The first-order chi connectivity index (χ1) is 18.8. The molecule has 0 unspecified atom stereocenters. The maximum absolute atomic E-state index is 14.8. The number of alkyl halides is 6. The molecule has 0 bridgehead atoms. The molecule has 15 heteroatoms. The number of anilines is 5. The van der Waals surface area contributed by atoms with E-state index in [1.54, 1.807) is 0 Å². The fourth-order valence-electron chi connectivity index (χ4n) is 3.30. The molecule has 3 N–H and O–H groups in total. The van der Waals surface area contributed by atoms with Gasteiger partial charge < -0.3 is 16.0 Å². The van der Waals surface area contributed by atoms with Crippen LogP contribution in [0.5, 0.6) is 0 Å². The molecule has 4 rings (SSSR count). The number of nitrogens with zero attached hydrogens (tertiary/aromatic N) is 4. The Morgan fingerprint density at radius 2 is 1.73 bits per heavy atom. The lowest BCUT2D eigenvalue weighted by Crippen LogP contribution is -2.06. The van der Waals surface area contributed by atoms with Crippen LogP contribution in [0.2, 0.25) is 0 Å². The molecule has 4 aromatic rings. The van der Waals surface area contributed by atoms with E-state index in [0.29, 0.717) is 28.2 Å². The Morgan fingerprint density at radius 3 is 2.38 bits per heavy atom. The summed E-state index contributed by atoms with van der Waals surface area (Å²) in [5.74, 6) is -0.420. The van der Waals surface area contributed by atoms with Crippen molar-refractivity contribution in [3.05, 3.63) is 97.4 Å². The lowest BCUT2D eigenvalue weighted by molar-refractivity contribution is -0.137. The second-order valence-corrected chi connectivity index (χ2v) is 12.1. The molecule has 0 saturated heterocycles. The number of allylic oxidation sites excluding steroid dienone is 1. The first-order valence-corrected chi connectivity index (χ1v) is 13.0. The summed E-state index contributed by atoms with van der Waals surface area (Å²) in [4.78, 5) is 8.71. The van der Waals surface area contributed by atoms with Gasteiger partial charge in [0.2, 0.25) is 5.95 Å². The number of aromatic nitrogens is 4. The molecule has 0 atom stereocenters. The topological polar surface area (TPSA) is 79.7 Å². The molecule has 0 spiro atoms. The predicted octanol–water partition coefficient (Wildman–Crippen LogP) is 8.92. The Labute approximate surface area is 245 Å². The average molecular weight is 631 g/mol. The fraction of sp³-hybridized carbons (Fsp3) is 0.0800. The minimum Gasteiger partial charge on any atom is -0.356 e. The minimum absolute atomic E-state index is 0.0339. The first-order valence-electron chi connectivity index (χ1n) is 11.1. The van der Waals surface area contributed by atoms with E-state index >= 15 is 0 Å². The maximum Gasteiger partial charge on any atom is 0.416 e. The Hall–Kier alpha value is -3.45. The summed E-state index contributed by atoms with van der Waals surface area (Å²) in [5.41, 5.74) is 1.34. The molecule has 0 fully saturated rings. The van der Waals surface area contributed by atoms with Crippen LogP contribution in [0, 0.1) is 5.82 Å². The van der Waals surface area contributed by atoms with Crippen LogP contribution in [0.1, 0.15) is 5.56 Å². The van der Waals surface area contributed by atoms with Gasteiger partial charge in [-0.3, -0.25) is 0 Å². The summed E-state index contributed by atoms with van der Waals surface area (Å²) in [6, 6.07) is 8.65. The normalized spacial score (nSPS) is 11.7. The summed E-state index contributed by atoms with van der Waals surface area (Å²) in [6.45, 7) is 7.39. The van der Waals surface area contributed by atoms with Crippen molar-refractivity contribution in [2.45, 2.75) is 9.30 Å². The lowest BCUT2D eigenvalue weighted by Gasteiger charge is -2.15. The monoisotopic (exact) mass is 629 g/mol. The summed E-state index contributed by atoms with van der Waals surface area (Å²) >= 11 is 18.1. The number of rotatable bonds is 9. The Morgan fingerprint density at radius 1 is 1.00 bits per heavy atom. The quantitative estimate of drug-likeness (QED) is 0.0968. The van der Waals surface area contributed by atoms with Crippen LogP contribution in [-0.2, 0) is 6.18 Å². The molecule has 2 heterocycles. The smallest absolute Gasteiger partial charge is 0.356 e. The number of nitrogens with one attached hydrogen (secondary N) is 3. The van der Waals surface area contributed by atoms with Gasteiger partial charge in [0.15, 0.2) is 0 Å². The van der Waals surface area contributed by atoms with Crippen LogP contribution in [0.25, 0.3) is 11.1 Å². The highest BCUT2D eigenvalue weighted by Crippen LogP contribution is 2.40. The zero-order valence-electron chi connectivity index (χ0n) is 20.1. The lowest BCUT2D eigenvalue weighted by atomic mass is 10.1. The van der Waals surface area contributed by atoms with Crippen molar-refractivity contribution in [2.75, 3.05) is 16.0 Å². The Kier molecular flexibility index (Phi) is 8.83. The Bertz CT molecular complexity index is 1540. The van der Waals surface area contributed by atoms with Crippen molar-refractivity contribution < 1.29 is 17.6 Å². The predicted molar refractivity (Wildman–Crippen MR) is 154 cm³/mol. The first kappa shape index (κ1) is 29.5. The zero-order chi connectivity index (χ0) is 29.1. The summed E-state index contributed by atoms with van der Waals surface area (Å²) < 4.78 is 53.8. The molecule has 40 heavy (non-hydrogen) atoms. The third-order valence-corrected chi connectivity index (χ3v) is 6.31. The van der Waals surface area contributed by atoms with E-state index in [0.717, 1.165) is 24.1 Å². The molecule has 0 aliphatic rings. The van der Waals surface area contributed by atoms with Crippen molar-refractivity contribution in [1.29, 1.82) is 0 Å². The third kappa shape index (κ3) is 7.81. The zero-order valence-corrected chi connectivity index (χ0v) is 23.2. The molecular formula is C25H18Cl3F4N7S. The third-order valence-electron chi connectivity index (χ3n) is 5.10. The number of benzene rings is 2. The number of halogens is 7. The van der Waals surface area contributed by atoms with Crippen LogP contribution in [0.15, 0.2) is 86.0 Å². The highest BCUT2D eigenvalue weighted by molar-refractivity contribution is 8.03. The van der Waals surface area contributed by atoms with E-state index in [4.69, 9.17) is 34.8 Å². The van der Waals surface area contributed by atoms with Gasteiger partial charge in [-0.1, -0.05) is 60.1 Å². The minimum atomic E-state index is -4.51.